The van der Waals surface area contributed by atoms with Gasteiger partial charge in [0.15, 0.2) is 0 Å². The molecule has 7 heteroatoms. The number of pyridine rings is 1. The zero-order valence-electron chi connectivity index (χ0n) is 10.6. The number of carbonyl (C=O) groups excluding carboxylic acids is 1. The smallest absolute Gasteiger partial charge is 0.326 e. The van der Waals surface area contributed by atoms with Gasteiger partial charge < -0.3 is 15.1 Å². The number of carbonyl (C=O) groups is 3. The van der Waals surface area contributed by atoms with E-state index in [2.05, 4.69) is 4.98 Å². The molecule has 0 spiro atoms. The second-order valence-electron chi connectivity index (χ2n) is 4.70. The van der Waals surface area contributed by atoms with E-state index in [1.807, 2.05) is 0 Å². The van der Waals surface area contributed by atoms with Crippen LogP contribution in [0.25, 0.3) is 0 Å². The number of carboxylic acids is 2. The Kier molecular flexibility index (Phi) is 3.97. The van der Waals surface area contributed by atoms with E-state index >= 15 is 0 Å². The molecule has 1 aliphatic heterocycles. The molecule has 0 aliphatic carbocycles. The van der Waals surface area contributed by atoms with Crippen LogP contribution in [0.3, 0.4) is 0 Å². The molecule has 106 valence electrons. The Hall–Kier alpha value is -2.44. The highest BCUT2D eigenvalue weighted by Crippen LogP contribution is 2.22. The van der Waals surface area contributed by atoms with Gasteiger partial charge in [0.2, 0.25) is 5.91 Å². The lowest BCUT2D eigenvalue weighted by Gasteiger charge is -2.24. The van der Waals surface area contributed by atoms with Gasteiger partial charge in [0.25, 0.3) is 0 Å². The van der Waals surface area contributed by atoms with E-state index in [0.29, 0.717) is 5.56 Å². The van der Waals surface area contributed by atoms with Gasteiger partial charge in [0, 0.05) is 31.8 Å². The molecule has 7 nitrogen and oxygen atoms in total. The third kappa shape index (κ3) is 2.93. The molecule has 0 saturated carbocycles. The number of hydrogen-bond acceptors (Lipinski definition) is 4. The summed E-state index contributed by atoms with van der Waals surface area (Å²) in [6, 6.07) is 2.34. The first-order valence-electron chi connectivity index (χ1n) is 6.13. The van der Waals surface area contributed by atoms with E-state index in [4.69, 9.17) is 5.11 Å². The van der Waals surface area contributed by atoms with Gasteiger partial charge in [-0.15, -0.1) is 0 Å². The van der Waals surface area contributed by atoms with Gasteiger partial charge in [-0.05, 0) is 11.6 Å². The lowest BCUT2D eigenvalue weighted by atomic mass is 10.1. The third-order valence-electron chi connectivity index (χ3n) is 3.32. The summed E-state index contributed by atoms with van der Waals surface area (Å²) in [5, 5.41) is 18.2. The van der Waals surface area contributed by atoms with E-state index in [0.717, 1.165) is 4.90 Å². The summed E-state index contributed by atoms with van der Waals surface area (Å²) in [6.45, 7) is -0.0641. The normalized spacial score (nSPS) is 19.9. The molecule has 2 atom stereocenters. The molecule has 2 heterocycles. The minimum Gasteiger partial charge on any atom is -0.481 e. The summed E-state index contributed by atoms with van der Waals surface area (Å²) < 4.78 is 0. The maximum atomic E-state index is 11.8. The van der Waals surface area contributed by atoms with Crippen molar-refractivity contribution in [3.8, 4) is 0 Å². The minimum atomic E-state index is -1.15. The van der Waals surface area contributed by atoms with Crippen LogP contribution in [0, 0.1) is 5.92 Å². The number of aromatic nitrogens is 1. The molecular weight excluding hydrogens is 264 g/mol. The number of hydrogen-bond donors (Lipinski definition) is 2. The first-order chi connectivity index (χ1) is 9.49. The van der Waals surface area contributed by atoms with E-state index in [1.165, 1.54) is 6.20 Å². The highest BCUT2D eigenvalue weighted by molar-refractivity contribution is 5.89. The van der Waals surface area contributed by atoms with Crippen LogP contribution in [0.4, 0.5) is 0 Å². The summed E-state index contributed by atoms with van der Waals surface area (Å²) in [6.07, 6.45) is 3.07. The van der Waals surface area contributed by atoms with Crippen LogP contribution in [-0.4, -0.2) is 50.5 Å². The van der Waals surface area contributed by atoms with Gasteiger partial charge in [0.1, 0.15) is 6.04 Å². The fourth-order valence-corrected chi connectivity index (χ4v) is 2.27. The molecule has 0 bridgehead atoms. The standard InChI is InChI=1S/C13H14N2O5/c16-11-5-9(12(17)18)7-15(11)10(13(19)20)4-8-2-1-3-14-6-8/h1-3,6,9-10H,4-5,7H2,(H,17,18)(H,19,20). The van der Waals surface area contributed by atoms with E-state index in [1.54, 1.807) is 18.3 Å². The molecule has 0 radical (unpaired) electrons. The maximum absolute atomic E-state index is 11.8. The summed E-state index contributed by atoms with van der Waals surface area (Å²) in [4.78, 5) is 39.1. The number of amides is 1. The Labute approximate surface area is 114 Å². The predicted octanol–water partition coefficient (Wildman–Crippen LogP) is 0.0104. The monoisotopic (exact) mass is 278 g/mol. The van der Waals surface area contributed by atoms with E-state index in [-0.39, 0.29) is 19.4 Å². The van der Waals surface area contributed by atoms with Gasteiger partial charge >= 0.3 is 11.9 Å². The van der Waals surface area contributed by atoms with Crippen LogP contribution < -0.4 is 0 Å². The van der Waals surface area contributed by atoms with Gasteiger partial charge in [-0.2, -0.15) is 0 Å². The molecular formula is C13H14N2O5. The highest BCUT2D eigenvalue weighted by Gasteiger charge is 2.40. The average Bonchev–Trinajstić information content (AvgIpc) is 2.79. The average molecular weight is 278 g/mol. The van der Waals surface area contributed by atoms with Gasteiger partial charge in [-0.25, -0.2) is 4.79 Å². The Balaban J connectivity index is 2.15. The Bertz CT molecular complexity index is 531. The molecule has 20 heavy (non-hydrogen) atoms. The Morgan fingerprint density at radius 2 is 2.20 bits per heavy atom. The Morgan fingerprint density at radius 3 is 2.70 bits per heavy atom. The maximum Gasteiger partial charge on any atom is 0.326 e. The van der Waals surface area contributed by atoms with Gasteiger partial charge in [0.05, 0.1) is 5.92 Å². The summed E-state index contributed by atoms with van der Waals surface area (Å²) in [7, 11) is 0. The molecule has 2 unspecified atom stereocenters. The number of likely N-dealkylation sites (tertiary alicyclic amines) is 1. The SMILES string of the molecule is O=C(O)C1CC(=O)N(C(Cc2cccnc2)C(=O)O)C1. The van der Waals surface area contributed by atoms with Crippen molar-refractivity contribution in [1.29, 1.82) is 0 Å². The third-order valence-corrected chi connectivity index (χ3v) is 3.32. The van der Waals surface area contributed by atoms with Crippen LogP contribution in [0.2, 0.25) is 0 Å². The van der Waals surface area contributed by atoms with Crippen molar-refractivity contribution in [2.45, 2.75) is 18.9 Å². The molecule has 2 N–H and O–H groups in total. The summed E-state index contributed by atoms with van der Waals surface area (Å²) in [5.74, 6) is -3.49. The second-order valence-corrected chi connectivity index (χ2v) is 4.70. The van der Waals surface area contributed by atoms with Crippen LogP contribution >= 0.6 is 0 Å². The van der Waals surface area contributed by atoms with Crippen molar-refractivity contribution in [2.75, 3.05) is 6.54 Å². The highest BCUT2D eigenvalue weighted by atomic mass is 16.4. The summed E-state index contributed by atoms with van der Waals surface area (Å²) in [5.41, 5.74) is 0.687. The summed E-state index contributed by atoms with van der Waals surface area (Å²) >= 11 is 0. The van der Waals surface area contributed by atoms with Crippen molar-refractivity contribution in [3.63, 3.8) is 0 Å². The molecule has 1 aliphatic rings. The number of carboxylic acid groups (broad SMARTS) is 2. The zero-order chi connectivity index (χ0) is 14.7. The van der Waals surface area contributed by atoms with Crippen LogP contribution in [0.5, 0.6) is 0 Å². The van der Waals surface area contributed by atoms with Crippen molar-refractivity contribution in [2.24, 2.45) is 5.92 Å². The fourth-order valence-electron chi connectivity index (χ4n) is 2.27. The fraction of sp³-hybridized carbons (Fsp3) is 0.385. The topological polar surface area (TPSA) is 108 Å². The van der Waals surface area contributed by atoms with Crippen molar-refractivity contribution >= 4 is 17.8 Å². The van der Waals surface area contributed by atoms with Crippen molar-refractivity contribution < 1.29 is 24.6 Å². The molecule has 1 aromatic heterocycles. The minimum absolute atomic E-state index is 0.0641. The molecule has 0 aromatic carbocycles. The lowest BCUT2D eigenvalue weighted by Crippen LogP contribution is -2.44. The van der Waals surface area contributed by atoms with E-state index < -0.39 is 29.8 Å². The molecule has 1 aromatic rings. The van der Waals surface area contributed by atoms with E-state index in [9.17, 15) is 19.5 Å². The number of aliphatic carboxylic acids is 2. The Morgan fingerprint density at radius 1 is 1.45 bits per heavy atom. The van der Waals surface area contributed by atoms with Crippen LogP contribution in [0.1, 0.15) is 12.0 Å². The molecule has 2 rings (SSSR count). The molecule has 1 amide bonds. The largest absolute Gasteiger partial charge is 0.481 e. The van der Waals surface area contributed by atoms with Gasteiger partial charge in [-0.1, -0.05) is 6.07 Å². The lowest BCUT2D eigenvalue weighted by molar-refractivity contribution is -0.148. The quantitative estimate of drug-likeness (QED) is 0.785. The second kappa shape index (κ2) is 5.68. The molecule has 1 saturated heterocycles. The number of nitrogens with zero attached hydrogens (tertiary/aromatic N) is 2. The zero-order valence-corrected chi connectivity index (χ0v) is 10.6. The predicted molar refractivity (Wildman–Crippen MR) is 66.8 cm³/mol. The van der Waals surface area contributed by atoms with Crippen LogP contribution in [0.15, 0.2) is 24.5 Å². The molecule has 1 fully saturated rings. The van der Waals surface area contributed by atoms with Crippen molar-refractivity contribution in [3.05, 3.63) is 30.1 Å². The van der Waals surface area contributed by atoms with Gasteiger partial charge in [-0.3, -0.25) is 14.6 Å². The van der Waals surface area contributed by atoms with Crippen molar-refractivity contribution in [1.82, 2.24) is 9.88 Å². The first-order valence-corrected chi connectivity index (χ1v) is 6.13. The number of rotatable bonds is 5. The van der Waals surface area contributed by atoms with Crippen LogP contribution in [-0.2, 0) is 20.8 Å². The first kappa shape index (κ1) is 14.0.